The predicted octanol–water partition coefficient (Wildman–Crippen LogP) is 3.37. The van der Waals surface area contributed by atoms with Gasteiger partial charge in [0.05, 0.1) is 22.3 Å². The number of H-pyrrole nitrogens is 1. The summed E-state index contributed by atoms with van der Waals surface area (Å²) in [7, 11) is 1.75. The lowest BCUT2D eigenvalue weighted by Gasteiger charge is -2.07. The average molecular weight is 294 g/mol. The maximum atomic E-state index is 6.22. The van der Waals surface area contributed by atoms with Crippen LogP contribution in [-0.4, -0.2) is 27.2 Å². The van der Waals surface area contributed by atoms with Gasteiger partial charge in [-0.2, -0.15) is 10.1 Å². The average Bonchev–Trinajstić information content (AvgIpc) is 2.88. The van der Waals surface area contributed by atoms with Crippen LogP contribution in [0.5, 0.6) is 0 Å². The van der Waals surface area contributed by atoms with Gasteiger partial charge < -0.3 is 5.32 Å². The van der Waals surface area contributed by atoms with E-state index in [1.165, 1.54) is 0 Å². The summed E-state index contributed by atoms with van der Waals surface area (Å²) >= 11 is 12.2. The van der Waals surface area contributed by atoms with E-state index in [-0.39, 0.29) is 0 Å². The monoisotopic (exact) mass is 293 g/mol. The number of aromatic nitrogens is 4. The Hall–Kier alpha value is -1.85. The third-order valence-electron chi connectivity index (χ3n) is 2.72. The fourth-order valence-corrected chi connectivity index (χ4v) is 2.21. The van der Waals surface area contributed by atoms with Crippen LogP contribution in [0.3, 0.4) is 0 Å². The Morgan fingerprint density at radius 1 is 1.21 bits per heavy atom. The molecule has 0 aliphatic rings. The number of anilines is 1. The van der Waals surface area contributed by atoms with Gasteiger partial charge in [0.25, 0.3) is 0 Å². The van der Waals surface area contributed by atoms with Gasteiger partial charge in [-0.3, -0.25) is 5.10 Å². The molecule has 96 valence electrons. The number of benzene rings is 1. The van der Waals surface area contributed by atoms with Crippen LogP contribution in [0.15, 0.2) is 24.4 Å². The third kappa shape index (κ3) is 2.11. The van der Waals surface area contributed by atoms with Gasteiger partial charge in [-0.15, -0.1) is 0 Å². The first-order chi connectivity index (χ1) is 9.19. The van der Waals surface area contributed by atoms with Crippen LogP contribution >= 0.6 is 23.2 Å². The molecule has 2 N–H and O–H groups in total. The number of aromatic amines is 1. The highest BCUT2D eigenvalue weighted by molar-refractivity contribution is 6.35. The van der Waals surface area contributed by atoms with E-state index in [9.17, 15) is 0 Å². The number of hydrogen-bond acceptors (Lipinski definition) is 4. The number of fused-ring (bicyclic) bond motifs is 1. The van der Waals surface area contributed by atoms with Crippen molar-refractivity contribution >= 4 is 40.2 Å². The number of hydrogen-bond donors (Lipinski definition) is 2. The molecule has 0 saturated heterocycles. The Kier molecular flexibility index (Phi) is 3.00. The summed E-state index contributed by atoms with van der Waals surface area (Å²) < 4.78 is 0. The zero-order valence-electron chi connectivity index (χ0n) is 9.91. The van der Waals surface area contributed by atoms with E-state index in [0.29, 0.717) is 27.3 Å². The van der Waals surface area contributed by atoms with E-state index < -0.39 is 0 Å². The molecule has 3 rings (SSSR count). The number of nitrogens with one attached hydrogen (secondary N) is 2. The van der Waals surface area contributed by atoms with Gasteiger partial charge in [0.2, 0.25) is 5.95 Å². The molecule has 0 aliphatic carbocycles. The molecule has 2 heterocycles. The fourth-order valence-electron chi connectivity index (χ4n) is 1.83. The third-order valence-corrected chi connectivity index (χ3v) is 3.28. The molecule has 2 aromatic heterocycles. The molecule has 0 spiro atoms. The van der Waals surface area contributed by atoms with Crippen molar-refractivity contribution in [2.45, 2.75) is 0 Å². The Balaban J connectivity index is 2.34. The van der Waals surface area contributed by atoms with Crippen molar-refractivity contribution in [1.29, 1.82) is 0 Å². The van der Waals surface area contributed by atoms with Crippen LogP contribution in [0, 0.1) is 0 Å². The Morgan fingerprint density at radius 2 is 2.05 bits per heavy atom. The molecule has 0 amide bonds. The van der Waals surface area contributed by atoms with Gasteiger partial charge in [-0.1, -0.05) is 23.2 Å². The second-order valence-corrected chi connectivity index (χ2v) is 4.75. The largest absolute Gasteiger partial charge is 0.357 e. The first kappa shape index (κ1) is 12.2. The summed E-state index contributed by atoms with van der Waals surface area (Å²) in [5.74, 6) is 0.489. The molecule has 7 heteroatoms. The molecular formula is C12H9Cl2N5. The Labute approximate surface area is 119 Å². The molecule has 5 nitrogen and oxygen atoms in total. The molecule has 0 aliphatic heterocycles. The molecular weight excluding hydrogens is 285 g/mol. The van der Waals surface area contributed by atoms with Gasteiger partial charge in [0, 0.05) is 17.6 Å². The predicted molar refractivity (Wildman–Crippen MR) is 76.7 cm³/mol. The van der Waals surface area contributed by atoms with Crippen molar-refractivity contribution < 1.29 is 0 Å². The summed E-state index contributed by atoms with van der Waals surface area (Å²) in [5, 5.41) is 11.7. The van der Waals surface area contributed by atoms with Gasteiger partial charge in [-0.05, 0) is 18.2 Å². The maximum Gasteiger partial charge on any atom is 0.225 e. The highest BCUT2D eigenvalue weighted by atomic mass is 35.5. The molecule has 0 radical (unpaired) electrons. The zero-order chi connectivity index (χ0) is 13.4. The van der Waals surface area contributed by atoms with Crippen molar-refractivity contribution in [3.05, 3.63) is 34.4 Å². The summed E-state index contributed by atoms with van der Waals surface area (Å²) in [6, 6.07) is 5.25. The lowest BCUT2D eigenvalue weighted by Crippen LogP contribution is -1.98. The van der Waals surface area contributed by atoms with E-state index in [0.717, 1.165) is 10.9 Å². The second kappa shape index (κ2) is 4.68. The molecule has 0 atom stereocenters. The molecule has 0 fully saturated rings. The van der Waals surface area contributed by atoms with Gasteiger partial charge in [-0.25, -0.2) is 4.98 Å². The van der Waals surface area contributed by atoms with Crippen molar-refractivity contribution in [2.24, 2.45) is 0 Å². The standard InChI is InChI=1S/C12H9Cl2N5/c1-15-12-17-10(8-5-16-19-11(8)18-12)7-4-6(13)2-3-9(7)14/h2-5H,1H3,(H2,15,16,17,18,19). The van der Waals surface area contributed by atoms with Crippen LogP contribution in [0.25, 0.3) is 22.3 Å². The van der Waals surface area contributed by atoms with Crippen molar-refractivity contribution in [3.8, 4) is 11.3 Å². The van der Waals surface area contributed by atoms with E-state index in [1.54, 1.807) is 31.4 Å². The molecule has 19 heavy (non-hydrogen) atoms. The van der Waals surface area contributed by atoms with Crippen LogP contribution in [-0.2, 0) is 0 Å². The van der Waals surface area contributed by atoms with E-state index >= 15 is 0 Å². The van der Waals surface area contributed by atoms with Crippen LogP contribution in [0.1, 0.15) is 0 Å². The Morgan fingerprint density at radius 3 is 2.84 bits per heavy atom. The fraction of sp³-hybridized carbons (Fsp3) is 0.0833. The van der Waals surface area contributed by atoms with Gasteiger partial charge in [0.15, 0.2) is 5.65 Å². The van der Waals surface area contributed by atoms with E-state index in [1.807, 2.05) is 0 Å². The van der Waals surface area contributed by atoms with E-state index in [2.05, 4.69) is 25.5 Å². The van der Waals surface area contributed by atoms with Gasteiger partial charge >= 0.3 is 0 Å². The smallest absolute Gasteiger partial charge is 0.225 e. The second-order valence-electron chi connectivity index (χ2n) is 3.90. The SMILES string of the molecule is CNc1nc(-c2cc(Cl)ccc2Cl)c2cn[nH]c2n1. The number of rotatable bonds is 2. The zero-order valence-corrected chi connectivity index (χ0v) is 11.4. The summed E-state index contributed by atoms with van der Waals surface area (Å²) in [6.07, 6.45) is 1.67. The molecule has 3 aromatic rings. The maximum absolute atomic E-state index is 6.22. The number of halogens is 2. The summed E-state index contributed by atoms with van der Waals surface area (Å²) in [6.45, 7) is 0. The number of nitrogens with zero attached hydrogens (tertiary/aromatic N) is 3. The van der Waals surface area contributed by atoms with E-state index in [4.69, 9.17) is 23.2 Å². The lowest BCUT2D eigenvalue weighted by molar-refractivity contribution is 1.09. The highest BCUT2D eigenvalue weighted by Crippen LogP contribution is 2.33. The minimum absolute atomic E-state index is 0.489. The Bertz CT molecular complexity index is 753. The molecule has 0 unspecified atom stereocenters. The summed E-state index contributed by atoms with van der Waals surface area (Å²) in [5.41, 5.74) is 2.08. The molecule has 0 bridgehead atoms. The first-order valence-electron chi connectivity index (χ1n) is 5.53. The van der Waals surface area contributed by atoms with Crippen LogP contribution < -0.4 is 5.32 Å². The first-order valence-corrected chi connectivity index (χ1v) is 6.29. The van der Waals surface area contributed by atoms with Gasteiger partial charge in [0.1, 0.15) is 0 Å². The van der Waals surface area contributed by atoms with Crippen molar-refractivity contribution in [3.63, 3.8) is 0 Å². The normalized spacial score (nSPS) is 10.9. The molecule has 1 aromatic carbocycles. The molecule has 0 saturated carbocycles. The van der Waals surface area contributed by atoms with Crippen LogP contribution in [0.4, 0.5) is 5.95 Å². The summed E-state index contributed by atoms with van der Waals surface area (Å²) in [4.78, 5) is 8.71. The lowest BCUT2D eigenvalue weighted by atomic mass is 10.1. The minimum atomic E-state index is 0.489. The minimum Gasteiger partial charge on any atom is -0.357 e. The van der Waals surface area contributed by atoms with Crippen molar-refractivity contribution in [2.75, 3.05) is 12.4 Å². The van der Waals surface area contributed by atoms with Crippen molar-refractivity contribution in [1.82, 2.24) is 20.2 Å². The quantitative estimate of drug-likeness (QED) is 0.760. The van der Waals surface area contributed by atoms with Crippen LogP contribution in [0.2, 0.25) is 10.0 Å². The highest BCUT2D eigenvalue weighted by Gasteiger charge is 2.14. The topological polar surface area (TPSA) is 66.5 Å².